The first-order chi connectivity index (χ1) is 7.66. The fourth-order valence-electron chi connectivity index (χ4n) is 1.20. The summed E-state index contributed by atoms with van der Waals surface area (Å²) in [4.78, 5) is 14.1. The SMILES string of the molecule is Cc1cnc(-c2ccc([N+](=O)[O-])cc2)nn1. The zero-order valence-electron chi connectivity index (χ0n) is 8.49. The van der Waals surface area contributed by atoms with Crippen molar-refractivity contribution in [2.24, 2.45) is 0 Å². The van der Waals surface area contributed by atoms with Gasteiger partial charge in [0.15, 0.2) is 5.82 Å². The molecule has 2 aromatic rings. The van der Waals surface area contributed by atoms with Crippen LogP contribution in [0, 0.1) is 17.0 Å². The summed E-state index contributed by atoms with van der Waals surface area (Å²) >= 11 is 0. The first-order valence-corrected chi connectivity index (χ1v) is 4.58. The lowest BCUT2D eigenvalue weighted by molar-refractivity contribution is -0.384. The van der Waals surface area contributed by atoms with Gasteiger partial charge in [-0.05, 0) is 19.1 Å². The molecule has 0 radical (unpaired) electrons. The molecule has 0 amide bonds. The molecule has 1 aromatic carbocycles. The van der Waals surface area contributed by atoms with E-state index in [1.807, 2.05) is 0 Å². The molecule has 0 spiro atoms. The molecule has 0 aliphatic rings. The van der Waals surface area contributed by atoms with Gasteiger partial charge in [0.2, 0.25) is 0 Å². The fourth-order valence-corrected chi connectivity index (χ4v) is 1.20. The number of hydrogen-bond acceptors (Lipinski definition) is 5. The van der Waals surface area contributed by atoms with E-state index in [4.69, 9.17) is 0 Å². The van der Waals surface area contributed by atoms with E-state index in [2.05, 4.69) is 15.2 Å². The van der Waals surface area contributed by atoms with Crippen molar-refractivity contribution in [2.45, 2.75) is 6.92 Å². The number of aryl methyl sites for hydroxylation is 1. The number of nitro benzene ring substituents is 1. The van der Waals surface area contributed by atoms with Crippen molar-refractivity contribution in [1.29, 1.82) is 0 Å². The Labute approximate surface area is 91.1 Å². The molecule has 6 heteroatoms. The number of nitro groups is 1. The first kappa shape index (κ1) is 10.2. The van der Waals surface area contributed by atoms with Gasteiger partial charge in [0.25, 0.3) is 5.69 Å². The second-order valence-electron chi connectivity index (χ2n) is 3.23. The third-order valence-corrected chi connectivity index (χ3v) is 2.01. The van der Waals surface area contributed by atoms with E-state index in [9.17, 15) is 10.1 Å². The van der Waals surface area contributed by atoms with E-state index in [1.165, 1.54) is 12.1 Å². The Morgan fingerprint density at radius 2 is 1.88 bits per heavy atom. The Morgan fingerprint density at radius 1 is 1.19 bits per heavy atom. The van der Waals surface area contributed by atoms with E-state index < -0.39 is 4.92 Å². The lowest BCUT2D eigenvalue weighted by Gasteiger charge is -1.98. The van der Waals surface area contributed by atoms with E-state index in [1.54, 1.807) is 25.3 Å². The minimum atomic E-state index is -0.446. The molecule has 16 heavy (non-hydrogen) atoms. The molecular weight excluding hydrogens is 208 g/mol. The molecule has 0 fully saturated rings. The van der Waals surface area contributed by atoms with Gasteiger partial charge in [-0.2, -0.15) is 5.10 Å². The number of aromatic nitrogens is 3. The minimum Gasteiger partial charge on any atom is -0.258 e. The summed E-state index contributed by atoms with van der Waals surface area (Å²) in [5.74, 6) is 0.459. The summed E-state index contributed by atoms with van der Waals surface area (Å²) in [7, 11) is 0. The highest BCUT2D eigenvalue weighted by molar-refractivity contribution is 5.56. The van der Waals surface area contributed by atoms with Crippen LogP contribution in [0.15, 0.2) is 30.5 Å². The zero-order valence-corrected chi connectivity index (χ0v) is 8.49. The average molecular weight is 216 g/mol. The maximum Gasteiger partial charge on any atom is 0.269 e. The summed E-state index contributed by atoms with van der Waals surface area (Å²) in [6.07, 6.45) is 1.60. The van der Waals surface area contributed by atoms with Gasteiger partial charge >= 0.3 is 0 Å². The summed E-state index contributed by atoms with van der Waals surface area (Å²) < 4.78 is 0. The molecule has 1 heterocycles. The minimum absolute atomic E-state index is 0.0452. The molecule has 1 aromatic heterocycles. The van der Waals surface area contributed by atoms with Gasteiger partial charge < -0.3 is 0 Å². The Bertz CT molecular complexity index is 507. The molecule has 0 unspecified atom stereocenters. The predicted octanol–water partition coefficient (Wildman–Crippen LogP) is 1.76. The molecule has 0 atom stereocenters. The van der Waals surface area contributed by atoms with Crippen LogP contribution in [-0.4, -0.2) is 20.1 Å². The normalized spacial score (nSPS) is 10.1. The summed E-state index contributed by atoms with van der Waals surface area (Å²) in [6, 6.07) is 6.03. The molecule has 0 aliphatic carbocycles. The molecule has 0 bridgehead atoms. The summed E-state index contributed by atoms with van der Waals surface area (Å²) in [6.45, 7) is 1.79. The lowest BCUT2D eigenvalue weighted by Crippen LogP contribution is -1.94. The number of non-ortho nitro benzene ring substituents is 1. The Kier molecular flexibility index (Phi) is 2.55. The summed E-state index contributed by atoms with van der Waals surface area (Å²) in [5.41, 5.74) is 1.48. The molecule has 0 N–H and O–H groups in total. The molecule has 80 valence electrons. The highest BCUT2D eigenvalue weighted by Crippen LogP contribution is 2.18. The quantitative estimate of drug-likeness (QED) is 0.564. The van der Waals surface area contributed by atoms with E-state index >= 15 is 0 Å². The smallest absolute Gasteiger partial charge is 0.258 e. The van der Waals surface area contributed by atoms with Crippen molar-refractivity contribution >= 4 is 5.69 Å². The van der Waals surface area contributed by atoms with Crippen molar-refractivity contribution in [2.75, 3.05) is 0 Å². The molecular formula is C10H8N4O2. The fraction of sp³-hybridized carbons (Fsp3) is 0.100. The van der Waals surface area contributed by atoms with Gasteiger partial charge in [0, 0.05) is 17.7 Å². The van der Waals surface area contributed by atoms with Crippen molar-refractivity contribution in [1.82, 2.24) is 15.2 Å². The van der Waals surface area contributed by atoms with E-state index in [-0.39, 0.29) is 5.69 Å². The first-order valence-electron chi connectivity index (χ1n) is 4.58. The van der Waals surface area contributed by atoms with E-state index in [0.29, 0.717) is 11.4 Å². The van der Waals surface area contributed by atoms with Crippen molar-refractivity contribution < 1.29 is 4.92 Å². The topological polar surface area (TPSA) is 81.8 Å². The van der Waals surface area contributed by atoms with Crippen LogP contribution in [0.1, 0.15) is 5.69 Å². The van der Waals surface area contributed by atoms with Crippen LogP contribution < -0.4 is 0 Å². The lowest BCUT2D eigenvalue weighted by atomic mass is 10.2. The third-order valence-electron chi connectivity index (χ3n) is 2.01. The number of hydrogen-bond donors (Lipinski definition) is 0. The third kappa shape index (κ3) is 2.00. The molecule has 2 rings (SSSR count). The van der Waals surface area contributed by atoms with Crippen LogP contribution in [0.25, 0.3) is 11.4 Å². The highest BCUT2D eigenvalue weighted by Gasteiger charge is 2.06. The highest BCUT2D eigenvalue weighted by atomic mass is 16.6. The van der Waals surface area contributed by atoms with Gasteiger partial charge in [-0.25, -0.2) is 4.98 Å². The van der Waals surface area contributed by atoms with Crippen molar-refractivity contribution in [3.63, 3.8) is 0 Å². The number of rotatable bonds is 2. The van der Waals surface area contributed by atoms with Gasteiger partial charge in [-0.1, -0.05) is 0 Å². The van der Waals surface area contributed by atoms with Crippen LogP contribution in [0.5, 0.6) is 0 Å². The molecule has 6 nitrogen and oxygen atoms in total. The second kappa shape index (κ2) is 4.01. The Hall–Kier alpha value is -2.37. The van der Waals surface area contributed by atoms with Crippen molar-refractivity contribution in [3.05, 3.63) is 46.3 Å². The Morgan fingerprint density at radius 3 is 2.38 bits per heavy atom. The number of benzene rings is 1. The standard InChI is InChI=1S/C10H8N4O2/c1-7-6-11-10(13-12-7)8-2-4-9(5-3-8)14(15)16/h2-6H,1H3. The van der Waals surface area contributed by atoms with E-state index in [0.717, 1.165) is 5.69 Å². The maximum atomic E-state index is 10.5. The second-order valence-corrected chi connectivity index (χ2v) is 3.23. The molecule has 0 saturated heterocycles. The van der Waals surface area contributed by atoms with Crippen molar-refractivity contribution in [3.8, 4) is 11.4 Å². The van der Waals surface area contributed by atoms with Crippen LogP contribution in [0.4, 0.5) is 5.69 Å². The number of nitrogens with zero attached hydrogens (tertiary/aromatic N) is 4. The molecule has 0 saturated carbocycles. The summed E-state index contributed by atoms with van der Waals surface area (Å²) in [5, 5.41) is 18.2. The monoisotopic (exact) mass is 216 g/mol. The molecule has 0 aliphatic heterocycles. The predicted molar refractivity (Wildman–Crippen MR) is 56.7 cm³/mol. The average Bonchev–Trinajstić information content (AvgIpc) is 2.30. The van der Waals surface area contributed by atoms with Crippen LogP contribution in [0.2, 0.25) is 0 Å². The zero-order chi connectivity index (χ0) is 11.5. The van der Waals surface area contributed by atoms with Gasteiger partial charge in [-0.3, -0.25) is 10.1 Å². The van der Waals surface area contributed by atoms with Crippen LogP contribution >= 0.6 is 0 Å². The maximum absolute atomic E-state index is 10.5. The van der Waals surface area contributed by atoms with Crippen LogP contribution in [-0.2, 0) is 0 Å². The largest absolute Gasteiger partial charge is 0.269 e. The van der Waals surface area contributed by atoms with Gasteiger partial charge in [0.05, 0.1) is 16.8 Å². The van der Waals surface area contributed by atoms with Crippen LogP contribution in [0.3, 0.4) is 0 Å². The van der Waals surface area contributed by atoms with Gasteiger partial charge in [-0.15, -0.1) is 5.10 Å². The Balaban J connectivity index is 2.34. The van der Waals surface area contributed by atoms with Gasteiger partial charge in [0.1, 0.15) is 0 Å².